The van der Waals surface area contributed by atoms with Crippen molar-refractivity contribution in [1.82, 2.24) is 10.2 Å². The van der Waals surface area contributed by atoms with Crippen LogP contribution in [0.2, 0.25) is 0 Å². The number of amides is 2. The fraction of sp³-hybridized carbons (Fsp3) is 0.357. The van der Waals surface area contributed by atoms with Gasteiger partial charge in [-0.15, -0.1) is 0 Å². The van der Waals surface area contributed by atoms with Crippen LogP contribution in [0, 0.1) is 11.8 Å². The molecule has 0 aromatic heterocycles. The largest absolute Gasteiger partial charge is 0.405 e. The Balaban J connectivity index is 2.54. The predicted molar refractivity (Wildman–Crippen MR) is 71.3 cm³/mol. The molecule has 0 spiro atoms. The predicted octanol–water partition coefficient (Wildman–Crippen LogP) is 1.73. The van der Waals surface area contributed by atoms with Gasteiger partial charge < -0.3 is 15.3 Å². The summed E-state index contributed by atoms with van der Waals surface area (Å²) in [6.45, 7) is -1.41. The second kappa shape index (κ2) is 7.55. The number of aliphatic hydroxyl groups excluding tert-OH is 1. The molecule has 0 fully saturated rings. The van der Waals surface area contributed by atoms with Crippen LogP contribution in [0.5, 0.6) is 0 Å². The molecule has 0 unspecified atom stereocenters. The van der Waals surface area contributed by atoms with Gasteiger partial charge in [-0.3, -0.25) is 0 Å². The van der Waals surface area contributed by atoms with Gasteiger partial charge in [0.05, 0.1) is 0 Å². The van der Waals surface area contributed by atoms with E-state index in [1.807, 2.05) is 0 Å². The van der Waals surface area contributed by atoms with E-state index >= 15 is 0 Å². The van der Waals surface area contributed by atoms with Crippen molar-refractivity contribution in [2.75, 3.05) is 20.2 Å². The quantitative estimate of drug-likeness (QED) is 0.835. The fourth-order valence-corrected chi connectivity index (χ4v) is 1.49. The van der Waals surface area contributed by atoms with Crippen molar-refractivity contribution in [3.8, 4) is 11.8 Å². The van der Waals surface area contributed by atoms with Crippen LogP contribution < -0.4 is 5.32 Å². The first-order valence-electron chi connectivity index (χ1n) is 6.06. The molecule has 0 saturated heterocycles. The van der Waals surface area contributed by atoms with Gasteiger partial charge in [0.2, 0.25) is 0 Å². The summed E-state index contributed by atoms with van der Waals surface area (Å²) in [6.07, 6.45) is -4.43. The number of halogens is 3. The molecule has 4 nitrogen and oxygen atoms in total. The summed E-state index contributed by atoms with van der Waals surface area (Å²) in [5.41, 5.74) is 1.46. The third-order valence-corrected chi connectivity index (χ3v) is 2.47. The van der Waals surface area contributed by atoms with E-state index in [9.17, 15) is 18.0 Å². The van der Waals surface area contributed by atoms with Gasteiger partial charge in [-0.2, -0.15) is 13.2 Å². The first kappa shape index (κ1) is 16.9. The number of nitrogens with one attached hydrogen (secondary N) is 1. The molecule has 2 N–H and O–H groups in total. The number of benzene rings is 1. The number of rotatable bonds is 3. The maximum Gasteiger partial charge on any atom is 0.405 e. The molecule has 0 atom stereocenters. The molecule has 21 heavy (non-hydrogen) atoms. The summed E-state index contributed by atoms with van der Waals surface area (Å²) >= 11 is 0. The van der Waals surface area contributed by atoms with Gasteiger partial charge in [0.25, 0.3) is 0 Å². The molecule has 0 aliphatic carbocycles. The number of alkyl halides is 3. The van der Waals surface area contributed by atoms with E-state index in [1.165, 1.54) is 7.05 Å². The molecule has 0 saturated carbocycles. The van der Waals surface area contributed by atoms with Crippen molar-refractivity contribution in [1.29, 1.82) is 0 Å². The Morgan fingerprint density at radius 1 is 1.33 bits per heavy atom. The maximum atomic E-state index is 12.0. The third-order valence-electron chi connectivity index (χ3n) is 2.47. The molecule has 1 rings (SSSR count). The van der Waals surface area contributed by atoms with Gasteiger partial charge in [0.15, 0.2) is 0 Å². The molecule has 0 bridgehead atoms. The van der Waals surface area contributed by atoms with E-state index < -0.39 is 18.8 Å². The van der Waals surface area contributed by atoms with E-state index in [1.54, 1.807) is 29.6 Å². The van der Waals surface area contributed by atoms with E-state index in [-0.39, 0.29) is 13.2 Å². The fourth-order valence-electron chi connectivity index (χ4n) is 1.49. The van der Waals surface area contributed by atoms with Crippen molar-refractivity contribution in [3.05, 3.63) is 35.4 Å². The highest BCUT2D eigenvalue weighted by molar-refractivity contribution is 5.73. The second-order valence-corrected chi connectivity index (χ2v) is 4.29. The molecule has 1 aromatic carbocycles. The zero-order chi connectivity index (χ0) is 15.9. The first-order chi connectivity index (χ1) is 9.81. The van der Waals surface area contributed by atoms with Crippen LogP contribution in [0.3, 0.4) is 0 Å². The van der Waals surface area contributed by atoms with Crippen LogP contribution in [0.15, 0.2) is 24.3 Å². The van der Waals surface area contributed by atoms with Gasteiger partial charge in [-0.25, -0.2) is 4.79 Å². The maximum absolute atomic E-state index is 12.0. The van der Waals surface area contributed by atoms with Crippen LogP contribution in [0.25, 0.3) is 0 Å². The van der Waals surface area contributed by atoms with Crippen molar-refractivity contribution >= 4 is 6.03 Å². The average Bonchev–Trinajstić information content (AvgIpc) is 2.43. The Kier molecular flexibility index (Phi) is 6.06. The van der Waals surface area contributed by atoms with Crippen molar-refractivity contribution in [2.45, 2.75) is 12.7 Å². The number of carbonyl (C=O) groups excluding carboxylic acids is 1. The summed E-state index contributed by atoms with van der Waals surface area (Å²) in [7, 11) is 1.41. The molecule has 2 amide bonds. The lowest BCUT2D eigenvalue weighted by Gasteiger charge is -2.18. The van der Waals surface area contributed by atoms with E-state index in [2.05, 4.69) is 11.8 Å². The molecule has 0 radical (unpaired) electrons. The van der Waals surface area contributed by atoms with Crippen LogP contribution in [0.4, 0.5) is 18.0 Å². The second-order valence-electron chi connectivity index (χ2n) is 4.29. The lowest BCUT2D eigenvalue weighted by Crippen LogP contribution is -2.41. The minimum absolute atomic E-state index is 0.178. The molecule has 0 heterocycles. The van der Waals surface area contributed by atoms with E-state index in [4.69, 9.17) is 5.11 Å². The number of hydrogen-bond donors (Lipinski definition) is 2. The Labute approximate surface area is 120 Å². The van der Waals surface area contributed by atoms with Gasteiger partial charge in [-0.05, 0) is 17.7 Å². The normalized spacial score (nSPS) is 10.5. The molecular weight excluding hydrogens is 285 g/mol. The molecule has 1 aromatic rings. The number of urea groups is 1. The number of aliphatic hydroxyl groups is 1. The van der Waals surface area contributed by atoms with Gasteiger partial charge in [-0.1, -0.05) is 24.0 Å². The SMILES string of the molecule is CN(Cc1ccc(C#CCO)cc1)C(=O)NCC(F)(F)F. The zero-order valence-electron chi connectivity index (χ0n) is 11.4. The summed E-state index contributed by atoms with van der Waals surface area (Å²) in [5, 5.41) is 10.4. The Hall–Kier alpha value is -2.20. The average molecular weight is 300 g/mol. The number of hydrogen-bond acceptors (Lipinski definition) is 2. The van der Waals surface area contributed by atoms with Crippen molar-refractivity contribution < 1.29 is 23.1 Å². The minimum Gasteiger partial charge on any atom is -0.384 e. The Bertz CT molecular complexity index is 530. The third kappa shape index (κ3) is 6.68. The van der Waals surface area contributed by atoms with Crippen LogP contribution in [-0.4, -0.2) is 42.4 Å². The summed E-state index contributed by atoms with van der Waals surface area (Å²) in [4.78, 5) is 12.6. The highest BCUT2D eigenvalue weighted by Crippen LogP contribution is 2.12. The molecule has 114 valence electrons. The lowest BCUT2D eigenvalue weighted by molar-refractivity contribution is -0.123. The number of nitrogens with zero attached hydrogens (tertiary/aromatic N) is 1. The summed E-state index contributed by atoms with van der Waals surface area (Å²) in [6, 6.07) is 6.06. The molecule has 0 aliphatic rings. The van der Waals surface area contributed by atoms with Crippen molar-refractivity contribution in [3.63, 3.8) is 0 Å². The van der Waals surface area contributed by atoms with Crippen LogP contribution in [-0.2, 0) is 6.54 Å². The molecule has 7 heteroatoms. The van der Waals surface area contributed by atoms with Gasteiger partial charge in [0, 0.05) is 19.2 Å². The van der Waals surface area contributed by atoms with E-state index in [0.29, 0.717) is 5.56 Å². The summed E-state index contributed by atoms with van der Waals surface area (Å²) in [5.74, 6) is 5.21. The standard InChI is InChI=1S/C14H15F3N2O2/c1-19(13(21)18-10-14(15,16)17)9-12-6-4-11(5-7-12)3-2-8-20/h4-7,20H,8-10H2,1H3,(H,18,21). The monoisotopic (exact) mass is 300 g/mol. The lowest BCUT2D eigenvalue weighted by atomic mass is 10.1. The Morgan fingerprint density at radius 2 is 1.95 bits per heavy atom. The van der Waals surface area contributed by atoms with Gasteiger partial charge in [0.1, 0.15) is 13.2 Å². The topological polar surface area (TPSA) is 52.6 Å². The zero-order valence-corrected chi connectivity index (χ0v) is 11.4. The smallest absolute Gasteiger partial charge is 0.384 e. The molecular formula is C14H15F3N2O2. The van der Waals surface area contributed by atoms with Crippen LogP contribution >= 0.6 is 0 Å². The number of carbonyl (C=O) groups is 1. The highest BCUT2D eigenvalue weighted by atomic mass is 19.4. The Morgan fingerprint density at radius 3 is 2.48 bits per heavy atom. The summed E-state index contributed by atoms with van der Waals surface area (Å²) < 4.78 is 36.0. The first-order valence-corrected chi connectivity index (χ1v) is 6.06. The highest BCUT2D eigenvalue weighted by Gasteiger charge is 2.28. The molecule has 0 aliphatic heterocycles. The van der Waals surface area contributed by atoms with Crippen LogP contribution in [0.1, 0.15) is 11.1 Å². The minimum atomic E-state index is -4.43. The van der Waals surface area contributed by atoms with E-state index in [0.717, 1.165) is 10.5 Å². The van der Waals surface area contributed by atoms with Crippen molar-refractivity contribution in [2.24, 2.45) is 0 Å². The van der Waals surface area contributed by atoms with Gasteiger partial charge >= 0.3 is 12.2 Å².